The minimum absolute atomic E-state index is 0.0158. The van der Waals surface area contributed by atoms with Crippen LogP contribution in [0, 0.1) is 0 Å². The molecule has 1 aromatic carbocycles. The Morgan fingerprint density at radius 2 is 1.97 bits per heavy atom. The molecule has 1 atom stereocenters. The van der Waals surface area contributed by atoms with Crippen LogP contribution in [0.1, 0.15) is 77.7 Å². The summed E-state index contributed by atoms with van der Waals surface area (Å²) in [6.45, 7) is 8.34. The highest BCUT2D eigenvalue weighted by Gasteiger charge is 2.40. The lowest BCUT2D eigenvalue weighted by molar-refractivity contribution is -0.139. The third-order valence-electron chi connectivity index (χ3n) is 5.57. The first-order chi connectivity index (χ1) is 14.4. The highest BCUT2D eigenvalue weighted by Crippen LogP contribution is 2.45. The van der Waals surface area contributed by atoms with Gasteiger partial charge in [0, 0.05) is 29.0 Å². The van der Waals surface area contributed by atoms with Gasteiger partial charge in [0.05, 0.1) is 24.2 Å². The largest absolute Gasteiger partial charge is 0.491 e. The number of dihydropyridines is 1. The Kier molecular flexibility index (Phi) is 7.35. The van der Waals surface area contributed by atoms with Gasteiger partial charge in [0.2, 0.25) is 0 Å². The summed E-state index contributed by atoms with van der Waals surface area (Å²) in [5.41, 5.74) is 3.73. The summed E-state index contributed by atoms with van der Waals surface area (Å²) in [6.07, 6.45) is 5.04. The Bertz CT molecular complexity index is 866. The number of allylic oxidation sites excluding steroid dienone is 3. The lowest BCUT2D eigenvalue weighted by Crippen LogP contribution is -2.34. The van der Waals surface area contributed by atoms with Crippen molar-refractivity contribution in [3.8, 4) is 5.75 Å². The van der Waals surface area contributed by atoms with Crippen LogP contribution in [0.5, 0.6) is 5.75 Å². The van der Waals surface area contributed by atoms with Gasteiger partial charge >= 0.3 is 5.97 Å². The first-order valence-corrected chi connectivity index (χ1v) is 11.1. The van der Waals surface area contributed by atoms with Crippen molar-refractivity contribution in [1.82, 2.24) is 5.32 Å². The van der Waals surface area contributed by atoms with E-state index >= 15 is 0 Å². The van der Waals surface area contributed by atoms with Crippen molar-refractivity contribution in [3.63, 3.8) is 0 Å². The average molecular weight is 412 g/mol. The molecular formula is C25H33NO4. The highest BCUT2D eigenvalue weighted by atomic mass is 16.5. The van der Waals surface area contributed by atoms with Crippen molar-refractivity contribution in [3.05, 3.63) is 52.4 Å². The highest BCUT2D eigenvalue weighted by molar-refractivity contribution is 6.04. The molecule has 0 fully saturated rings. The summed E-state index contributed by atoms with van der Waals surface area (Å²) in [6, 6.07) is 7.71. The minimum atomic E-state index is -0.470. The Morgan fingerprint density at radius 3 is 2.70 bits per heavy atom. The second-order valence-electron chi connectivity index (χ2n) is 8.31. The maximum atomic E-state index is 13.2. The second kappa shape index (κ2) is 9.96. The van der Waals surface area contributed by atoms with Gasteiger partial charge in [-0.15, -0.1) is 0 Å². The second-order valence-corrected chi connectivity index (χ2v) is 8.31. The number of esters is 1. The van der Waals surface area contributed by atoms with Crippen molar-refractivity contribution in [1.29, 1.82) is 0 Å². The SMILES string of the molecule is CCCCCOC(=O)C1=C(C)NC2=C(C(=O)CCC2)C1c1ccccc1OC(C)C. The van der Waals surface area contributed by atoms with Gasteiger partial charge in [-0.2, -0.15) is 0 Å². The Hall–Kier alpha value is -2.56. The molecule has 1 unspecified atom stereocenters. The third-order valence-corrected chi connectivity index (χ3v) is 5.57. The van der Waals surface area contributed by atoms with Crippen LogP contribution in [0.2, 0.25) is 0 Å². The molecule has 5 heteroatoms. The van der Waals surface area contributed by atoms with Crippen LogP contribution < -0.4 is 10.1 Å². The van der Waals surface area contributed by atoms with E-state index in [1.165, 1.54) is 0 Å². The molecule has 0 amide bonds. The molecule has 3 rings (SSSR count). The molecule has 1 N–H and O–H groups in total. The zero-order valence-electron chi connectivity index (χ0n) is 18.5. The molecule has 0 aromatic heterocycles. The third kappa shape index (κ3) is 4.77. The monoisotopic (exact) mass is 411 g/mol. The van der Waals surface area contributed by atoms with Crippen LogP contribution in [0.25, 0.3) is 0 Å². The number of carbonyl (C=O) groups is 2. The normalized spacial score (nSPS) is 19.0. The molecule has 1 aromatic rings. The first kappa shape index (κ1) is 22.1. The molecule has 0 radical (unpaired) electrons. The van der Waals surface area contributed by atoms with Crippen molar-refractivity contribution >= 4 is 11.8 Å². The number of ether oxygens (including phenoxy) is 2. The van der Waals surface area contributed by atoms with Crippen molar-refractivity contribution in [2.45, 2.75) is 78.2 Å². The summed E-state index contributed by atoms with van der Waals surface area (Å²) < 4.78 is 11.7. The van der Waals surface area contributed by atoms with Gasteiger partial charge in [-0.1, -0.05) is 38.0 Å². The zero-order valence-corrected chi connectivity index (χ0v) is 18.5. The number of unbranched alkanes of at least 4 members (excludes halogenated alkanes) is 2. The standard InChI is InChI=1S/C25H33NO4/c1-5-6-9-15-29-25(28)22-17(4)26-19-12-10-13-20(27)24(19)23(22)18-11-7-8-14-21(18)30-16(2)3/h7-8,11,14,16,23,26H,5-6,9-10,12-13,15H2,1-4H3. The van der Waals surface area contributed by atoms with Crippen LogP contribution in [-0.4, -0.2) is 24.5 Å². The van der Waals surface area contributed by atoms with Gasteiger partial charge in [0.25, 0.3) is 0 Å². The molecule has 1 heterocycles. The van der Waals surface area contributed by atoms with Gasteiger partial charge in [-0.05, 0) is 46.1 Å². The molecular weight excluding hydrogens is 378 g/mol. The number of benzene rings is 1. The fourth-order valence-electron chi connectivity index (χ4n) is 4.24. The van der Waals surface area contributed by atoms with Crippen LogP contribution in [0.3, 0.4) is 0 Å². The first-order valence-electron chi connectivity index (χ1n) is 11.1. The summed E-state index contributed by atoms with van der Waals surface area (Å²) in [5.74, 6) is -0.0290. The van der Waals surface area contributed by atoms with E-state index in [0.717, 1.165) is 49.1 Å². The maximum Gasteiger partial charge on any atom is 0.336 e. The molecule has 2 aliphatic rings. The average Bonchev–Trinajstić information content (AvgIpc) is 2.70. The maximum absolute atomic E-state index is 13.2. The quantitative estimate of drug-likeness (QED) is 0.472. The van der Waals surface area contributed by atoms with Crippen molar-refractivity contribution in [2.24, 2.45) is 0 Å². The predicted molar refractivity (Wildman–Crippen MR) is 117 cm³/mol. The van der Waals surface area contributed by atoms with E-state index in [-0.39, 0.29) is 17.9 Å². The topological polar surface area (TPSA) is 64.6 Å². The fourth-order valence-corrected chi connectivity index (χ4v) is 4.24. The Labute approximate surface area is 179 Å². The minimum Gasteiger partial charge on any atom is -0.491 e. The molecule has 0 saturated carbocycles. The van der Waals surface area contributed by atoms with Crippen LogP contribution >= 0.6 is 0 Å². The number of ketones is 1. The molecule has 162 valence electrons. The number of nitrogens with one attached hydrogen (secondary N) is 1. The molecule has 5 nitrogen and oxygen atoms in total. The summed E-state index contributed by atoms with van der Waals surface area (Å²) in [7, 11) is 0. The number of hydrogen-bond donors (Lipinski definition) is 1. The molecule has 0 spiro atoms. The zero-order chi connectivity index (χ0) is 21.7. The van der Waals surface area contributed by atoms with Crippen molar-refractivity contribution < 1.29 is 19.1 Å². The lowest BCUT2D eigenvalue weighted by Gasteiger charge is -2.35. The van der Waals surface area contributed by atoms with E-state index < -0.39 is 5.92 Å². The van der Waals surface area contributed by atoms with Gasteiger partial charge in [-0.3, -0.25) is 4.79 Å². The molecule has 1 aliphatic carbocycles. The van der Waals surface area contributed by atoms with E-state index in [2.05, 4.69) is 12.2 Å². The van der Waals surface area contributed by atoms with Gasteiger partial charge in [0.1, 0.15) is 5.75 Å². The number of para-hydroxylation sites is 1. The number of hydrogen-bond acceptors (Lipinski definition) is 5. The smallest absolute Gasteiger partial charge is 0.336 e. The van der Waals surface area contributed by atoms with Crippen LogP contribution in [0.15, 0.2) is 46.8 Å². The predicted octanol–water partition coefficient (Wildman–Crippen LogP) is 5.18. The number of rotatable bonds is 8. The molecule has 0 saturated heterocycles. The van der Waals surface area contributed by atoms with Crippen molar-refractivity contribution in [2.75, 3.05) is 6.61 Å². The van der Waals surface area contributed by atoms with E-state index in [9.17, 15) is 9.59 Å². The van der Waals surface area contributed by atoms with Crippen LogP contribution in [0.4, 0.5) is 0 Å². The summed E-state index contributed by atoms with van der Waals surface area (Å²) in [5, 5.41) is 3.34. The molecule has 30 heavy (non-hydrogen) atoms. The van der Waals surface area contributed by atoms with E-state index in [4.69, 9.17) is 9.47 Å². The van der Waals surface area contributed by atoms with Gasteiger partial charge in [-0.25, -0.2) is 4.79 Å². The fraction of sp³-hybridized carbons (Fsp3) is 0.520. The Morgan fingerprint density at radius 1 is 1.20 bits per heavy atom. The lowest BCUT2D eigenvalue weighted by atomic mass is 9.75. The Balaban J connectivity index is 2.05. The number of Topliss-reactive ketones (excluding diaryl/α,β-unsaturated/α-hetero) is 1. The number of carbonyl (C=O) groups excluding carboxylic acids is 2. The summed E-state index contributed by atoms with van der Waals surface area (Å²) >= 11 is 0. The van der Waals surface area contributed by atoms with Gasteiger partial charge in [0.15, 0.2) is 5.78 Å². The molecule has 1 aliphatic heterocycles. The molecule has 0 bridgehead atoms. The van der Waals surface area contributed by atoms with Gasteiger partial charge < -0.3 is 14.8 Å². The van der Waals surface area contributed by atoms with E-state index in [1.807, 2.05) is 45.0 Å². The van der Waals surface area contributed by atoms with E-state index in [1.54, 1.807) is 0 Å². The van der Waals surface area contributed by atoms with Crippen LogP contribution in [-0.2, 0) is 14.3 Å². The summed E-state index contributed by atoms with van der Waals surface area (Å²) in [4.78, 5) is 26.2. The van der Waals surface area contributed by atoms with E-state index in [0.29, 0.717) is 29.9 Å².